The van der Waals surface area contributed by atoms with Gasteiger partial charge in [0.1, 0.15) is 0 Å². The molecule has 118 valence electrons. The molecule has 0 unspecified atom stereocenters. The molecule has 3 aromatic rings. The number of nitro benzene ring substituents is 1. The van der Waals surface area contributed by atoms with Crippen LogP contribution in [0.5, 0.6) is 0 Å². The van der Waals surface area contributed by atoms with E-state index in [0.717, 1.165) is 16.9 Å². The van der Waals surface area contributed by atoms with E-state index in [4.69, 9.17) is 5.26 Å². The third-order valence-corrected chi connectivity index (χ3v) is 3.63. The molecule has 0 spiro atoms. The number of nitrogens with one attached hydrogen (secondary N) is 1. The molecule has 0 aliphatic heterocycles. The molecule has 0 fully saturated rings. The zero-order valence-electron chi connectivity index (χ0n) is 12.8. The molecule has 7 heteroatoms. The minimum absolute atomic E-state index is 0.0392. The lowest BCUT2D eigenvalue weighted by atomic mass is 10.1. The van der Waals surface area contributed by atoms with E-state index in [2.05, 4.69) is 16.4 Å². The summed E-state index contributed by atoms with van der Waals surface area (Å²) in [6.45, 7) is 0. The maximum absolute atomic E-state index is 10.7. The van der Waals surface area contributed by atoms with E-state index >= 15 is 0 Å². The number of hydrogen-bond acceptors (Lipinski definition) is 5. The Morgan fingerprint density at radius 2 is 2.00 bits per heavy atom. The molecule has 0 saturated carbocycles. The van der Waals surface area contributed by atoms with Gasteiger partial charge in [0.05, 0.1) is 40.0 Å². The first-order valence-corrected chi connectivity index (χ1v) is 7.13. The Bertz CT molecular complexity index is 938. The van der Waals surface area contributed by atoms with Gasteiger partial charge in [-0.2, -0.15) is 5.26 Å². The Hall–Kier alpha value is -3.66. The van der Waals surface area contributed by atoms with Crippen LogP contribution in [0.2, 0.25) is 0 Å². The normalized spacial score (nSPS) is 10.2. The van der Waals surface area contributed by atoms with Gasteiger partial charge in [0.2, 0.25) is 0 Å². The summed E-state index contributed by atoms with van der Waals surface area (Å²) in [4.78, 5) is 14.6. The monoisotopic (exact) mass is 319 g/mol. The Balaban J connectivity index is 1.99. The summed E-state index contributed by atoms with van der Waals surface area (Å²) in [5.41, 5.74) is 3.72. The van der Waals surface area contributed by atoms with E-state index in [-0.39, 0.29) is 5.69 Å². The molecule has 1 N–H and O–H groups in total. The number of nitrogens with zero attached hydrogens (tertiary/aromatic N) is 4. The molecule has 0 radical (unpaired) electrons. The lowest BCUT2D eigenvalue weighted by Crippen LogP contribution is -1.98. The number of rotatable bonds is 4. The van der Waals surface area contributed by atoms with Crippen LogP contribution in [0, 0.1) is 21.4 Å². The third kappa shape index (κ3) is 2.80. The summed E-state index contributed by atoms with van der Waals surface area (Å²) < 4.78 is 1.81. The molecular formula is C17H13N5O2. The Morgan fingerprint density at radius 1 is 1.25 bits per heavy atom. The second kappa shape index (κ2) is 6.22. The van der Waals surface area contributed by atoms with Crippen LogP contribution in [0.15, 0.2) is 55.0 Å². The fourth-order valence-corrected chi connectivity index (χ4v) is 2.38. The van der Waals surface area contributed by atoms with Gasteiger partial charge in [-0.05, 0) is 30.3 Å². The van der Waals surface area contributed by atoms with Crippen molar-refractivity contribution in [1.29, 1.82) is 5.26 Å². The number of non-ortho nitro benzene ring substituents is 1. The van der Waals surface area contributed by atoms with Crippen LogP contribution in [0.3, 0.4) is 0 Å². The minimum Gasteiger partial charge on any atom is -0.386 e. The molecule has 0 saturated heterocycles. The number of imidazole rings is 1. The predicted molar refractivity (Wildman–Crippen MR) is 89.9 cm³/mol. The van der Waals surface area contributed by atoms with Gasteiger partial charge >= 0.3 is 0 Å². The van der Waals surface area contributed by atoms with Crippen LogP contribution in [0.4, 0.5) is 11.4 Å². The zero-order chi connectivity index (χ0) is 17.1. The molecule has 7 nitrogen and oxygen atoms in total. The number of benzene rings is 2. The van der Waals surface area contributed by atoms with Crippen molar-refractivity contribution in [3.8, 4) is 23.0 Å². The van der Waals surface area contributed by atoms with Crippen molar-refractivity contribution >= 4 is 11.4 Å². The highest BCUT2D eigenvalue weighted by Gasteiger charge is 2.10. The van der Waals surface area contributed by atoms with Crippen LogP contribution in [-0.4, -0.2) is 21.5 Å². The average molecular weight is 319 g/mol. The van der Waals surface area contributed by atoms with Gasteiger partial charge in [-0.25, -0.2) is 4.98 Å². The molecule has 0 aliphatic rings. The molecule has 0 atom stereocenters. The molecule has 1 heterocycles. The molecule has 1 aromatic heterocycles. The van der Waals surface area contributed by atoms with Crippen LogP contribution in [-0.2, 0) is 0 Å². The maximum Gasteiger partial charge on any atom is 0.269 e. The summed E-state index contributed by atoms with van der Waals surface area (Å²) in [5.74, 6) is 0. The van der Waals surface area contributed by atoms with Crippen molar-refractivity contribution in [3.63, 3.8) is 0 Å². The fourth-order valence-electron chi connectivity index (χ4n) is 2.38. The number of nitro groups is 1. The van der Waals surface area contributed by atoms with Gasteiger partial charge < -0.3 is 9.88 Å². The number of anilines is 1. The molecule has 0 aliphatic carbocycles. The van der Waals surface area contributed by atoms with Crippen molar-refractivity contribution in [2.24, 2.45) is 0 Å². The summed E-state index contributed by atoms with van der Waals surface area (Å²) in [7, 11) is 1.80. The Labute approximate surface area is 138 Å². The first-order chi connectivity index (χ1) is 11.6. The highest BCUT2D eigenvalue weighted by atomic mass is 16.6. The van der Waals surface area contributed by atoms with Gasteiger partial charge in [0, 0.05) is 30.9 Å². The fraction of sp³-hybridized carbons (Fsp3) is 0.0588. The van der Waals surface area contributed by atoms with Crippen LogP contribution in [0.25, 0.3) is 16.9 Å². The van der Waals surface area contributed by atoms with E-state index in [0.29, 0.717) is 11.3 Å². The number of hydrogen-bond donors (Lipinski definition) is 1. The molecule has 24 heavy (non-hydrogen) atoms. The number of aromatic nitrogens is 2. The molecule has 3 rings (SSSR count). The van der Waals surface area contributed by atoms with E-state index < -0.39 is 4.92 Å². The molecule has 2 aromatic carbocycles. The van der Waals surface area contributed by atoms with Gasteiger partial charge in [-0.3, -0.25) is 10.1 Å². The van der Waals surface area contributed by atoms with Gasteiger partial charge in [0.15, 0.2) is 0 Å². The van der Waals surface area contributed by atoms with Gasteiger partial charge in [-0.1, -0.05) is 0 Å². The smallest absolute Gasteiger partial charge is 0.269 e. The summed E-state index contributed by atoms with van der Waals surface area (Å²) >= 11 is 0. The first kappa shape index (κ1) is 15.2. The topological polar surface area (TPSA) is 96.8 Å². The second-order valence-corrected chi connectivity index (χ2v) is 5.06. The zero-order valence-corrected chi connectivity index (χ0v) is 12.8. The molecule has 0 amide bonds. The van der Waals surface area contributed by atoms with Crippen molar-refractivity contribution in [1.82, 2.24) is 9.55 Å². The van der Waals surface area contributed by atoms with Crippen molar-refractivity contribution in [3.05, 3.63) is 70.7 Å². The first-order valence-electron chi connectivity index (χ1n) is 7.13. The largest absolute Gasteiger partial charge is 0.386 e. The van der Waals surface area contributed by atoms with Crippen molar-refractivity contribution in [2.75, 3.05) is 12.4 Å². The predicted octanol–water partition coefficient (Wildman–Crippen LogP) is 3.36. The number of nitriles is 1. The van der Waals surface area contributed by atoms with Gasteiger partial charge in [0.25, 0.3) is 5.69 Å². The van der Waals surface area contributed by atoms with Gasteiger partial charge in [-0.15, -0.1) is 0 Å². The van der Waals surface area contributed by atoms with Crippen LogP contribution in [0.1, 0.15) is 5.56 Å². The molecular weight excluding hydrogens is 306 g/mol. The molecule has 0 bridgehead atoms. The van der Waals surface area contributed by atoms with E-state index in [1.165, 1.54) is 12.1 Å². The van der Waals surface area contributed by atoms with Crippen molar-refractivity contribution in [2.45, 2.75) is 0 Å². The Morgan fingerprint density at radius 3 is 2.62 bits per heavy atom. The van der Waals surface area contributed by atoms with Crippen LogP contribution >= 0.6 is 0 Å². The third-order valence-electron chi connectivity index (χ3n) is 3.63. The highest BCUT2D eigenvalue weighted by molar-refractivity contribution is 5.66. The lowest BCUT2D eigenvalue weighted by molar-refractivity contribution is -0.384. The van der Waals surface area contributed by atoms with Crippen LogP contribution < -0.4 is 5.32 Å². The quantitative estimate of drug-likeness (QED) is 0.587. The van der Waals surface area contributed by atoms with Crippen molar-refractivity contribution < 1.29 is 4.92 Å². The van der Waals surface area contributed by atoms with E-state index in [1.807, 2.05) is 16.8 Å². The summed E-state index contributed by atoms with van der Waals surface area (Å²) in [5, 5.41) is 22.9. The lowest BCUT2D eigenvalue weighted by Gasteiger charge is -2.09. The Kier molecular flexibility index (Phi) is 3.95. The summed E-state index contributed by atoms with van der Waals surface area (Å²) in [6, 6.07) is 13.7. The standard InChI is InChI=1S/C17H13N5O2/c1-19-15-7-2-12(9-18)8-17(15)21-10-16(20-11-21)13-3-5-14(6-4-13)22(23)24/h2-8,10-11,19H,1H3. The van der Waals surface area contributed by atoms with E-state index in [9.17, 15) is 10.1 Å². The minimum atomic E-state index is -0.436. The summed E-state index contributed by atoms with van der Waals surface area (Å²) in [6.07, 6.45) is 3.46. The highest BCUT2D eigenvalue weighted by Crippen LogP contribution is 2.25. The maximum atomic E-state index is 10.7. The average Bonchev–Trinajstić information content (AvgIpc) is 3.11. The van der Waals surface area contributed by atoms with E-state index in [1.54, 1.807) is 37.6 Å². The SMILES string of the molecule is CNc1ccc(C#N)cc1-n1cnc(-c2ccc([N+](=O)[O-])cc2)c1. The second-order valence-electron chi connectivity index (χ2n) is 5.06.